The van der Waals surface area contributed by atoms with Gasteiger partial charge in [-0.25, -0.2) is 13.1 Å². The van der Waals surface area contributed by atoms with Gasteiger partial charge in [0, 0.05) is 18.5 Å². The molecular formula is C19H21F3N2O5S. The van der Waals surface area contributed by atoms with E-state index in [-0.39, 0.29) is 29.8 Å². The Kier molecular flexibility index (Phi) is 7.68. The van der Waals surface area contributed by atoms with E-state index in [9.17, 15) is 26.4 Å². The molecule has 30 heavy (non-hydrogen) atoms. The highest BCUT2D eigenvalue weighted by atomic mass is 32.2. The molecule has 0 aromatic heterocycles. The van der Waals surface area contributed by atoms with Crippen molar-refractivity contribution in [2.75, 3.05) is 13.7 Å². The Morgan fingerprint density at radius 1 is 1.10 bits per heavy atom. The molecule has 0 unspecified atom stereocenters. The first kappa shape index (κ1) is 23.5. The number of benzene rings is 2. The number of para-hydroxylation sites is 1. The predicted octanol–water partition coefficient (Wildman–Crippen LogP) is 3.14. The van der Waals surface area contributed by atoms with Crippen molar-refractivity contribution in [1.82, 2.24) is 10.0 Å². The van der Waals surface area contributed by atoms with Gasteiger partial charge in [0.15, 0.2) is 0 Å². The third kappa shape index (κ3) is 6.92. The van der Waals surface area contributed by atoms with Gasteiger partial charge in [0.25, 0.3) is 0 Å². The molecule has 164 valence electrons. The van der Waals surface area contributed by atoms with E-state index in [4.69, 9.17) is 4.74 Å². The maximum Gasteiger partial charge on any atom is 0.573 e. The second-order valence-corrected chi connectivity index (χ2v) is 7.97. The van der Waals surface area contributed by atoms with Crippen molar-refractivity contribution in [1.29, 1.82) is 0 Å². The lowest BCUT2D eigenvalue weighted by atomic mass is 10.1. The van der Waals surface area contributed by atoms with E-state index in [0.29, 0.717) is 5.75 Å². The first-order valence-corrected chi connectivity index (χ1v) is 10.3. The van der Waals surface area contributed by atoms with Crippen molar-refractivity contribution < 1.29 is 35.9 Å². The number of methoxy groups -OCH3 is 1. The van der Waals surface area contributed by atoms with Gasteiger partial charge in [-0.1, -0.05) is 18.2 Å². The van der Waals surface area contributed by atoms with E-state index >= 15 is 0 Å². The summed E-state index contributed by atoms with van der Waals surface area (Å²) in [6, 6.07) is 10.6. The number of halogens is 3. The highest BCUT2D eigenvalue weighted by Gasteiger charge is 2.31. The summed E-state index contributed by atoms with van der Waals surface area (Å²) in [5, 5.41) is 2.75. The molecule has 0 bridgehead atoms. The number of ether oxygens (including phenoxy) is 2. The Morgan fingerprint density at radius 2 is 1.73 bits per heavy atom. The van der Waals surface area contributed by atoms with Crippen molar-refractivity contribution in [3.63, 3.8) is 0 Å². The Hall–Kier alpha value is -2.79. The molecule has 1 atom stereocenters. The van der Waals surface area contributed by atoms with Gasteiger partial charge in [-0.05, 0) is 37.3 Å². The molecule has 0 aliphatic rings. The predicted molar refractivity (Wildman–Crippen MR) is 102 cm³/mol. The number of rotatable bonds is 9. The molecule has 2 N–H and O–H groups in total. The van der Waals surface area contributed by atoms with Crippen LogP contribution in [0.3, 0.4) is 0 Å². The summed E-state index contributed by atoms with van der Waals surface area (Å²) in [5.74, 6) is -0.305. The molecular weight excluding hydrogens is 425 g/mol. The van der Waals surface area contributed by atoms with Gasteiger partial charge in [0.2, 0.25) is 15.9 Å². The van der Waals surface area contributed by atoms with Crippen LogP contribution in [0, 0.1) is 0 Å². The zero-order valence-corrected chi connectivity index (χ0v) is 17.0. The summed E-state index contributed by atoms with van der Waals surface area (Å²) in [6.07, 6.45) is -5.00. The monoisotopic (exact) mass is 446 g/mol. The van der Waals surface area contributed by atoms with Gasteiger partial charge >= 0.3 is 6.36 Å². The number of amides is 1. The minimum Gasteiger partial charge on any atom is -0.496 e. The Labute approximate surface area is 172 Å². The van der Waals surface area contributed by atoms with Crippen LogP contribution >= 0.6 is 0 Å². The Balaban J connectivity index is 1.88. The average Bonchev–Trinajstić information content (AvgIpc) is 2.66. The minimum absolute atomic E-state index is 0.131. The summed E-state index contributed by atoms with van der Waals surface area (Å²) in [6.45, 7) is 1.58. The number of sulfonamides is 1. The summed E-state index contributed by atoms with van der Waals surface area (Å²) < 4.78 is 72.1. The fourth-order valence-corrected chi connectivity index (χ4v) is 3.65. The van der Waals surface area contributed by atoms with E-state index in [0.717, 1.165) is 29.8 Å². The van der Waals surface area contributed by atoms with Gasteiger partial charge < -0.3 is 14.8 Å². The SMILES string of the molecule is COc1ccccc1[C@H](C)NC(=O)CCNS(=O)(=O)c1ccc(OC(F)(F)F)cc1. The molecule has 2 aromatic rings. The van der Waals surface area contributed by atoms with Crippen LogP contribution in [0.5, 0.6) is 11.5 Å². The smallest absolute Gasteiger partial charge is 0.496 e. The number of alkyl halides is 3. The summed E-state index contributed by atoms with van der Waals surface area (Å²) in [4.78, 5) is 11.9. The van der Waals surface area contributed by atoms with E-state index in [1.54, 1.807) is 31.2 Å². The Morgan fingerprint density at radius 3 is 2.33 bits per heavy atom. The quantitative estimate of drug-likeness (QED) is 0.617. The van der Waals surface area contributed by atoms with E-state index < -0.39 is 22.1 Å². The largest absolute Gasteiger partial charge is 0.573 e. The molecule has 0 saturated heterocycles. The molecule has 1 amide bonds. The molecule has 2 rings (SSSR count). The third-order valence-corrected chi connectivity index (χ3v) is 5.47. The summed E-state index contributed by atoms with van der Waals surface area (Å²) in [7, 11) is -2.48. The van der Waals surface area contributed by atoms with Crippen molar-refractivity contribution in [2.45, 2.75) is 30.6 Å². The molecule has 0 aliphatic heterocycles. The minimum atomic E-state index is -4.87. The number of carbonyl (C=O) groups excluding carboxylic acids is 1. The molecule has 11 heteroatoms. The second kappa shape index (κ2) is 9.81. The first-order chi connectivity index (χ1) is 14.0. The van der Waals surface area contributed by atoms with Crippen LogP contribution in [0.4, 0.5) is 13.2 Å². The molecule has 0 aliphatic carbocycles. The van der Waals surface area contributed by atoms with Crippen LogP contribution in [0.15, 0.2) is 53.4 Å². The van der Waals surface area contributed by atoms with Crippen LogP contribution in [0.2, 0.25) is 0 Å². The van der Waals surface area contributed by atoms with Crippen LogP contribution in [-0.4, -0.2) is 34.3 Å². The average molecular weight is 446 g/mol. The molecule has 0 radical (unpaired) electrons. The number of hydrogen-bond donors (Lipinski definition) is 2. The van der Waals surface area contributed by atoms with E-state index in [1.807, 2.05) is 0 Å². The zero-order chi connectivity index (χ0) is 22.4. The van der Waals surface area contributed by atoms with Crippen LogP contribution in [0.25, 0.3) is 0 Å². The molecule has 0 heterocycles. The first-order valence-electron chi connectivity index (χ1n) is 8.79. The fraction of sp³-hybridized carbons (Fsp3) is 0.316. The van der Waals surface area contributed by atoms with Crippen molar-refractivity contribution in [3.05, 3.63) is 54.1 Å². The Bertz CT molecular complexity index is 963. The molecule has 0 spiro atoms. The highest BCUT2D eigenvalue weighted by molar-refractivity contribution is 7.89. The van der Waals surface area contributed by atoms with Crippen molar-refractivity contribution in [2.24, 2.45) is 0 Å². The fourth-order valence-electron chi connectivity index (χ4n) is 2.62. The van der Waals surface area contributed by atoms with Crippen LogP contribution in [-0.2, 0) is 14.8 Å². The lowest BCUT2D eigenvalue weighted by Gasteiger charge is -2.17. The molecule has 0 fully saturated rings. The van der Waals surface area contributed by atoms with Crippen molar-refractivity contribution in [3.8, 4) is 11.5 Å². The molecule has 7 nitrogen and oxygen atoms in total. The number of hydrogen-bond acceptors (Lipinski definition) is 5. The molecule has 0 saturated carbocycles. The lowest BCUT2D eigenvalue weighted by Crippen LogP contribution is -2.32. The van der Waals surface area contributed by atoms with Gasteiger partial charge in [-0.3, -0.25) is 4.79 Å². The van der Waals surface area contributed by atoms with E-state index in [2.05, 4.69) is 14.8 Å². The third-order valence-electron chi connectivity index (χ3n) is 3.99. The van der Waals surface area contributed by atoms with Crippen LogP contribution < -0.4 is 19.5 Å². The maximum absolute atomic E-state index is 12.2. The topological polar surface area (TPSA) is 93.7 Å². The zero-order valence-electron chi connectivity index (χ0n) is 16.2. The summed E-state index contributed by atoms with van der Waals surface area (Å²) in [5.41, 5.74) is 0.773. The van der Waals surface area contributed by atoms with Gasteiger partial charge in [0.1, 0.15) is 11.5 Å². The lowest BCUT2D eigenvalue weighted by molar-refractivity contribution is -0.274. The number of nitrogens with one attached hydrogen (secondary N) is 2. The van der Waals surface area contributed by atoms with E-state index in [1.165, 1.54) is 7.11 Å². The standard InChI is InChI=1S/C19H21F3N2O5S/c1-13(16-5-3-4-6-17(16)28-2)24-18(25)11-12-23-30(26,27)15-9-7-14(8-10-15)29-19(20,21)22/h3-10,13,23H,11-12H2,1-2H3,(H,24,25)/t13-/m0/s1. The summed E-state index contributed by atoms with van der Waals surface area (Å²) >= 11 is 0. The van der Waals surface area contributed by atoms with Gasteiger partial charge in [0.05, 0.1) is 18.0 Å². The maximum atomic E-state index is 12.2. The van der Waals surface area contributed by atoms with Gasteiger partial charge in [-0.15, -0.1) is 13.2 Å². The molecule has 2 aromatic carbocycles. The highest BCUT2D eigenvalue weighted by Crippen LogP contribution is 2.25. The van der Waals surface area contributed by atoms with Crippen molar-refractivity contribution >= 4 is 15.9 Å². The van der Waals surface area contributed by atoms with Gasteiger partial charge in [-0.2, -0.15) is 0 Å². The normalized spacial score (nSPS) is 12.8. The number of carbonyl (C=O) groups is 1. The second-order valence-electron chi connectivity index (χ2n) is 6.20. The van der Waals surface area contributed by atoms with Crippen LogP contribution in [0.1, 0.15) is 24.9 Å².